The molecular weight excluding hydrogens is 364 g/mol. The number of hydrogen-bond acceptors (Lipinski definition) is 4. The Balaban J connectivity index is 2.57. The van der Waals surface area contributed by atoms with Crippen LogP contribution in [0.25, 0.3) is 0 Å². The molecule has 0 aromatic rings. The first-order chi connectivity index (χ1) is 13.4. The Hall–Kier alpha value is -1.97. The first-order valence-corrected chi connectivity index (χ1v) is 10.7. The van der Waals surface area contributed by atoms with Gasteiger partial charge in [-0.25, -0.2) is 0 Å². The molecule has 160 valence electrons. The van der Waals surface area contributed by atoms with Crippen LogP contribution in [0.5, 0.6) is 0 Å². The summed E-state index contributed by atoms with van der Waals surface area (Å²) < 4.78 is 0. The van der Waals surface area contributed by atoms with Gasteiger partial charge in [-0.1, -0.05) is 44.1 Å². The quantitative estimate of drug-likeness (QED) is 0.209. The molecule has 0 aromatic heterocycles. The second kappa shape index (κ2) is 8.81. The van der Waals surface area contributed by atoms with Crippen LogP contribution in [0.1, 0.15) is 74.1 Å². The highest BCUT2D eigenvalue weighted by atomic mass is 16.3. The van der Waals surface area contributed by atoms with E-state index in [0.717, 1.165) is 12.8 Å². The lowest BCUT2D eigenvalue weighted by atomic mass is 9.50. The predicted molar refractivity (Wildman–Crippen MR) is 115 cm³/mol. The molecule has 4 nitrogen and oxygen atoms in total. The summed E-state index contributed by atoms with van der Waals surface area (Å²) in [4.78, 5) is 39.6. The second-order valence-electron chi connectivity index (χ2n) is 9.81. The van der Waals surface area contributed by atoms with E-state index in [1.165, 1.54) is 11.1 Å². The SMILES string of the molecule is CC(C)=CCC[C@@]1(C)[C@H](CC=C(C)C)C[C@@H]2C(=O)/C(=C(/O)C(C)C)C(=O)[C@H]1C2=O. The van der Waals surface area contributed by atoms with Crippen LogP contribution in [0, 0.1) is 29.1 Å². The normalized spacial score (nSPS) is 31.0. The van der Waals surface area contributed by atoms with E-state index in [1.807, 2.05) is 34.6 Å². The fourth-order valence-electron chi connectivity index (χ4n) is 4.84. The topological polar surface area (TPSA) is 71.4 Å². The summed E-state index contributed by atoms with van der Waals surface area (Å²) in [6.45, 7) is 13.7. The summed E-state index contributed by atoms with van der Waals surface area (Å²) in [5.41, 5.74) is 1.74. The highest BCUT2D eigenvalue weighted by Crippen LogP contribution is 2.54. The summed E-state index contributed by atoms with van der Waals surface area (Å²) in [7, 11) is 0. The molecule has 0 aliphatic heterocycles. The monoisotopic (exact) mass is 400 g/mol. The van der Waals surface area contributed by atoms with Crippen molar-refractivity contribution in [3.63, 3.8) is 0 Å². The molecular formula is C25H36O4. The molecule has 2 aliphatic carbocycles. The van der Waals surface area contributed by atoms with Gasteiger partial charge < -0.3 is 5.11 Å². The zero-order valence-corrected chi connectivity index (χ0v) is 19.0. The Morgan fingerprint density at radius 1 is 1.07 bits per heavy atom. The molecule has 0 unspecified atom stereocenters. The molecule has 0 saturated heterocycles. The van der Waals surface area contributed by atoms with E-state index in [0.29, 0.717) is 12.8 Å². The van der Waals surface area contributed by atoms with Crippen molar-refractivity contribution in [1.29, 1.82) is 0 Å². The minimum absolute atomic E-state index is 0.0753. The van der Waals surface area contributed by atoms with Gasteiger partial charge in [0.1, 0.15) is 5.76 Å². The highest BCUT2D eigenvalue weighted by Gasteiger charge is 2.60. The number of hydrogen-bond donors (Lipinski definition) is 1. The van der Waals surface area contributed by atoms with E-state index < -0.39 is 28.8 Å². The summed E-state index contributed by atoms with van der Waals surface area (Å²) in [5, 5.41) is 10.5. The summed E-state index contributed by atoms with van der Waals surface area (Å²) >= 11 is 0. The molecule has 4 atom stereocenters. The van der Waals surface area contributed by atoms with Crippen molar-refractivity contribution < 1.29 is 19.5 Å². The van der Waals surface area contributed by atoms with Gasteiger partial charge in [0.2, 0.25) is 0 Å². The molecule has 0 amide bonds. The van der Waals surface area contributed by atoms with Crippen LogP contribution < -0.4 is 0 Å². The van der Waals surface area contributed by atoms with Crippen LogP contribution in [0.2, 0.25) is 0 Å². The standard InChI is InChI=1S/C25H36O4/c1-14(2)9-8-12-25(7)17(11-10-15(3)4)13-18-22(27)19(21(26)16(5)6)24(29)20(25)23(18)28/h9-10,16-18,20,26H,8,11-13H2,1-7H3/b21-19-/t17-,18-,20-,25+/m1/s1. The van der Waals surface area contributed by atoms with Crippen molar-refractivity contribution in [2.75, 3.05) is 0 Å². The molecule has 1 N–H and O–H groups in total. The Morgan fingerprint density at radius 3 is 2.17 bits per heavy atom. The first-order valence-electron chi connectivity index (χ1n) is 10.7. The number of fused-ring (bicyclic) bond motifs is 2. The van der Waals surface area contributed by atoms with E-state index in [9.17, 15) is 19.5 Å². The van der Waals surface area contributed by atoms with Crippen molar-refractivity contribution in [2.45, 2.75) is 74.1 Å². The van der Waals surface area contributed by atoms with Gasteiger partial charge in [0.25, 0.3) is 0 Å². The van der Waals surface area contributed by atoms with Crippen molar-refractivity contribution in [3.05, 3.63) is 34.6 Å². The number of aliphatic hydroxyl groups excluding tert-OH is 1. The van der Waals surface area contributed by atoms with Gasteiger partial charge in [0.15, 0.2) is 17.3 Å². The minimum Gasteiger partial charge on any atom is -0.511 e. The van der Waals surface area contributed by atoms with Crippen LogP contribution in [0.3, 0.4) is 0 Å². The number of ketones is 3. The molecule has 2 fully saturated rings. The average molecular weight is 401 g/mol. The van der Waals surface area contributed by atoms with Crippen LogP contribution >= 0.6 is 0 Å². The first kappa shape index (κ1) is 23.3. The van der Waals surface area contributed by atoms with E-state index in [2.05, 4.69) is 12.2 Å². The van der Waals surface area contributed by atoms with Gasteiger partial charge in [-0.15, -0.1) is 0 Å². The molecule has 2 bridgehead atoms. The average Bonchev–Trinajstić information content (AvgIpc) is 2.59. The van der Waals surface area contributed by atoms with Crippen molar-refractivity contribution in [2.24, 2.45) is 29.1 Å². The molecule has 2 saturated carbocycles. The van der Waals surface area contributed by atoms with Crippen molar-refractivity contribution >= 4 is 17.3 Å². The fourth-order valence-corrected chi connectivity index (χ4v) is 4.84. The third-order valence-electron chi connectivity index (χ3n) is 6.66. The van der Waals surface area contributed by atoms with E-state index in [1.54, 1.807) is 13.8 Å². The summed E-state index contributed by atoms with van der Waals surface area (Å²) in [6.07, 6.45) is 6.98. The van der Waals surface area contributed by atoms with Gasteiger partial charge in [0.05, 0.1) is 17.4 Å². The minimum atomic E-state index is -0.851. The zero-order valence-electron chi connectivity index (χ0n) is 19.0. The fraction of sp³-hybridized carbons (Fsp3) is 0.640. The van der Waals surface area contributed by atoms with Gasteiger partial charge in [-0.3, -0.25) is 14.4 Å². The second-order valence-corrected chi connectivity index (χ2v) is 9.81. The van der Waals surface area contributed by atoms with E-state index in [4.69, 9.17) is 0 Å². The largest absolute Gasteiger partial charge is 0.511 e. The zero-order chi connectivity index (χ0) is 22.1. The molecule has 4 heteroatoms. The molecule has 0 heterocycles. The maximum atomic E-state index is 13.4. The predicted octanol–water partition coefficient (Wildman–Crippen LogP) is 5.54. The van der Waals surface area contributed by atoms with Crippen LogP contribution in [0.4, 0.5) is 0 Å². The lowest BCUT2D eigenvalue weighted by molar-refractivity contribution is -0.154. The third kappa shape index (κ3) is 4.46. The molecule has 0 radical (unpaired) electrons. The Kier molecular flexibility index (Phi) is 7.08. The molecule has 0 aromatic carbocycles. The van der Waals surface area contributed by atoms with Crippen molar-refractivity contribution in [1.82, 2.24) is 0 Å². The van der Waals surface area contributed by atoms with E-state index >= 15 is 0 Å². The van der Waals surface area contributed by atoms with Crippen LogP contribution in [0.15, 0.2) is 34.6 Å². The number of aliphatic hydroxyl groups is 1. The Morgan fingerprint density at radius 2 is 1.66 bits per heavy atom. The van der Waals surface area contributed by atoms with Gasteiger partial charge in [-0.05, 0) is 64.7 Å². The maximum absolute atomic E-state index is 13.4. The smallest absolute Gasteiger partial charge is 0.180 e. The van der Waals surface area contributed by atoms with Gasteiger partial charge in [0, 0.05) is 5.92 Å². The molecule has 0 spiro atoms. The number of rotatable bonds is 6. The number of allylic oxidation sites excluding steroid dienone is 6. The van der Waals surface area contributed by atoms with Crippen molar-refractivity contribution in [3.8, 4) is 0 Å². The number of Topliss-reactive ketones (excluding diaryl/α,β-unsaturated/α-hetero) is 3. The Bertz CT molecular complexity index is 788. The third-order valence-corrected chi connectivity index (χ3v) is 6.66. The van der Waals surface area contributed by atoms with Crippen LogP contribution in [-0.2, 0) is 14.4 Å². The van der Waals surface area contributed by atoms with Gasteiger partial charge in [-0.2, -0.15) is 0 Å². The maximum Gasteiger partial charge on any atom is 0.180 e. The summed E-state index contributed by atoms with van der Waals surface area (Å²) in [5.74, 6) is -3.27. The number of carbonyl (C=O) groups excluding carboxylic acids is 3. The van der Waals surface area contributed by atoms with Gasteiger partial charge >= 0.3 is 0 Å². The summed E-state index contributed by atoms with van der Waals surface area (Å²) in [6, 6.07) is 0. The van der Waals surface area contributed by atoms with Crippen LogP contribution in [-0.4, -0.2) is 22.5 Å². The van der Waals surface area contributed by atoms with E-state index in [-0.39, 0.29) is 29.0 Å². The lowest BCUT2D eigenvalue weighted by Gasteiger charge is -2.50. The lowest BCUT2D eigenvalue weighted by Crippen LogP contribution is -2.58. The molecule has 2 aliphatic rings. The highest BCUT2D eigenvalue weighted by molar-refractivity contribution is 6.35. The Labute approximate surface area is 175 Å². The molecule has 29 heavy (non-hydrogen) atoms. The number of carbonyl (C=O) groups is 3. The molecule has 2 rings (SSSR count).